The van der Waals surface area contributed by atoms with Crippen LogP contribution in [0.1, 0.15) is 34.0 Å². The van der Waals surface area contributed by atoms with Crippen LogP contribution in [0, 0.1) is 32.7 Å². The van der Waals surface area contributed by atoms with E-state index in [4.69, 9.17) is 0 Å². The monoisotopic (exact) mass is 615 g/mol. The molecule has 2 amide bonds. The molecule has 1 unspecified atom stereocenters. The van der Waals surface area contributed by atoms with Gasteiger partial charge in [-0.15, -0.1) is 0 Å². The fraction of sp³-hybridized carbons (Fsp3) is 0.200. The Bertz CT molecular complexity index is 1360. The van der Waals surface area contributed by atoms with Crippen LogP contribution in [0.15, 0.2) is 42.5 Å². The third-order valence-corrected chi connectivity index (χ3v) is 6.94. The van der Waals surface area contributed by atoms with Crippen LogP contribution in [0.2, 0.25) is 0 Å². The predicted molar refractivity (Wildman–Crippen MR) is 131 cm³/mol. The number of benzene rings is 3. The smallest absolute Gasteiger partial charge is 0.252 e. The molecule has 0 aromatic heterocycles. The summed E-state index contributed by atoms with van der Waals surface area (Å²) in [7, 11) is 1.59. The van der Waals surface area contributed by atoms with Crippen molar-refractivity contribution >= 4 is 40.1 Å². The first kappa shape index (κ1) is 26.0. The molecule has 1 heterocycles. The molecule has 36 heavy (non-hydrogen) atoms. The van der Waals surface area contributed by atoms with Crippen molar-refractivity contribution in [3.63, 3.8) is 0 Å². The molecule has 11 heteroatoms. The molecule has 4 rings (SSSR count). The molecule has 1 atom stereocenters. The van der Waals surface area contributed by atoms with E-state index in [-0.39, 0.29) is 17.7 Å². The summed E-state index contributed by atoms with van der Waals surface area (Å²) in [5.41, 5.74) is -0.470. The fourth-order valence-corrected chi connectivity index (χ4v) is 5.35. The van der Waals surface area contributed by atoms with Gasteiger partial charge in [0.1, 0.15) is 34.6 Å². The second-order valence-electron chi connectivity index (χ2n) is 8.43. The molecule has 0 saturated heterocycles. The molecule has 0 radical (unpaired) electrons. The number of fused-ring (bicyclic) bond motifs is 1. The van der Waals surface area contributed by atoms with Crippen molar-refractivity contribution in [2.24, 2.45) is 0 Å². The van der Waals surface area contributed by atoms with Crippen molar-refractivity contribution < 1.29 is 31.5 Å². The Morgan fingerprint density at radius 3 is 2.11 bits per heavy atom. The van der Waals surface area contributed by atoms with E-state index in [9.17, 15) is 31.5 Å². The summed E-state index contributed by atoms with van der Waals surface area (Å²) in [5.74, 6) is -6.03. The van der Waals surface area contributed by atoms with E-state index in [0.29, 0.717) is 27.0 Å². The number of carbonyl (C=O) groups excluding carboxylic acids is 2. The number of nitrogens with one attached hydrogen (secondary N) is 2. The van der Waals surface area contributed by atoms with Gasteiger partial charge >= 0.3 is 0 Å². The summed E-state index contributed by atoms with van der Waals surface area (Å²) < 4.78 is 69.1. The molecule has 2 N–H and O–H groups in total. The van der Waals surface area contributed by atoms with E-state index in [0.717, 1.165) is 18.2 Å². The SMILES string of the molecule is CNC1(C)C(=O)N(Cc2cc(F)cc(F)c2)c2cc(C(=O)NCc3c(F)cc(F)cc3F)cc(I)c21. The molecular formula is C25H19F5IN3O2. The van der Waals surface area contributed by atoms with E-state index >= 15 is 0 Å². The highest BCUT2D eigenvalue weighted by Gasteiger charge is 2.48. The zero-order valence-electron chi connectivity index (χ0n) is 19.0. The second-order valence-corrected chi connectivity index (χ2v) is 9.59. The average molecular weight is 615 g/mol. The van der Waals surface area contributed by atoms with Crippen LogP contribution in [0.4, 0.5) is 27.6 Å². The van der Waals surface area contributed by atoms with E-state index in [1.54, 1.807) is 14.0 Å². The number of amides is 2. The van der Waals surface area contributed by atoms with Crippen LogP contribution in [0.5, 0.6) is 0 Å². The Morgan fingerprint density at radius 2 is 1.53 bits per heavy atom. The molecule has 3 aromatic rings. The van der Waals surface area contributed by atoms with Crippen molar-refractivity contribution in [3.05, 3.63) is 97.4 Å². The number of halogens is 6. The van der Waals surface area contributed by atoms with Crippen molar-refractivity contribution in [1.82, 2.24) is 10.6 Å². The normalized spacial score (nSPS) is 16.9. The van der Waals surface area contributed by atoms with E-state index in [1.807, 2.05) is 22.6 Å². The van der Waals surface area contributed by atoms with Crippen molar-refractivity contribution in [2.75, 3.05) is 11.9 Å². The van der Waals surface area contributed by atoms with Gasteiger partial charge in [0, 0.05) is 45.0 Å². The summed E-state index contributed by atoms with van der Waals surface area (Å²) in [6.07, 6.45) is 0. The molecule has 0 spiro atoms. The largest absolute Gasteiger partial charge is 0.348 e. The molecule has 5 nitrogen and oxygen atoms in total. The number of rotatable bonds is 6. The Morgan fingerprint density at radius 1 is 0.944 bits per heavy atom. The zero-order valence-corrected chi connectivity index (χ0v) is 21.1. The predicted octanol–water partition coefficient (Wildman–Crippen LogP) is 4.90. The molecule has 0 bridgehead atoms. The minimum atomic E-state index is -1.17. The quantitative estimate of drug-likeness (QED) is 0.307. The van der Waals surface area contributed by atoms with Gasteiger partial charge in [-0.2, -0.15) is 0 Å². The maximum atomic E-state index is 14.0. The van der Waals surface area contributed by atoms with Crippen LogP contribution in [-0.4, -0.2) is 18.9 Å². The van der Waals surface area contributed by atoms with E-state index < -0.39 is 58.5 Å². The lowest BCUT2D eigenvalue weighted by Crippen LogP contribution is -2.47. The lowest BCUT2D eigenvalue weighted by molar-refractivity contribution is -0.123. The minimum absolute atomic E-state index is 0.0876. The van der Waals surface area contributed by atoms with Crippen molar-refractivity contribution in [3.8, 4) is 0 Å². The maximum absolute atomic E-state index is 14.0. The number of hydrogen-bond acceptors (Lipinski definition) is 3. The Kier molecular flexibility index (Phi) is 7.06. The Hall–Kier alpha value is -3.06. The first-order valence-electron chi connectivity index (χ1n) is 10.7. The standard InChI is InChI=1S/C25H19F5IN3O2/c1-25(32-2)22-20(31)5-13(23(35)33-10-17-18(29)8-16(28)9-19(17)30)6-21(22)34(24(25)36)11-12-3-14(26)7-15(27)4-12/h3-9,32H,10-11H2,1-2H3,(H,33,35). The molecular weight excluding hydrogens is 596 g/mol. The van der Waals surface area contributed by atoms with Gasteiger partial charge < -0.3 is 15.5 Å². The number of anilines is 1. The number of hydrogen-bond donors (Lipinski definition) is 2. The van der Waals surface area contributed by atoms with E-state index in [2.05, 4.69) is 10.6 Å². The van der Waals surface area contributed by atoms with Crippen LogP contribution < -0.4 is 15.5 Å². The molecule has 0 fully saturated rings. The van der Waals surface area contributed by atoms with Crippen molar-refractivity contribution in [2.45, 2.75) is 25.6 Å². The molecule has 0 saturated carbocycles. The lowest BCUT2D eigenvalue weighted by atomic mass is 9.93. The highest BCUT2D eigenvalue weighted by atomic mass is 127. The third kappa shape index (κ3) is 4.69. The molecule has 3 aromatic carbocycles. The molecule has 1 aliphatic heterocycles. The fourth-order valence-electron chi connectivity index (χ4n) is 4.20. The topological polar surface area (TPSA) is 61.4 Å². The average Bonchev–Trinajstić information content (AvgIpc) is 3.00. The van der Waals surface area contributed by atoms with Gasteiger partial charge in [-0.25, -0.2) is 22.0 Å². The highest BCUT2D eigenvalue weighted by Crippen LogP contribution is 2.44. The first-order valence-corrected chi connectivity index (χ1v) is 11.7. The molecule has 188 valence electrons. The van der Waals surface area contributed by atoms with Crippen LogP contribution in [0.3, 0.4) is 0 Å². The molecule has 1 aliphatic rings. The van der Waals surface area contributed by atoms with Crippen LogP contribution >= 0.6 is 22.6 Å². The maximum Gasteiger partial charge on any atom is 0.252 e. The minimum Gasteiger partial charge on any atom is -0.348 e. The number of carbonyl (C=O) groups is 2. The summed E-state index contributed by atoms with van der Waals surface area (Å²) in [6, 6.07) is 6.91. The Labute approximate surface area is 216 Å². The van der Waals surface area contributed by atoms with Gasteiger partial charge in [0.15, 0.2) is 0 Å². The number of likely N-dealkylation sites (N-methyl/N-ethyl adjacent to an activating group) is 1. The van der Waals surface area contributed by atoms with Crippen LogP contribution in [-0.2, 0) is 23.4 Å². The van der Waals surface area contributed by atoms with Gasteiger partial charge in [0.05, 0.1) is 12.2 Å². The van der Waals surface area contributed by atoms with E-state index in [1.165, 1.54) is 17.0 Å². The van der Waals surface area contributed by atoms with Crippen LogP contribution in [0.25, 0.3) is 0 Å². The highest BCUT2D eigenvalue weighted by molar-refractivity contribution is 14.1. The van der Waals surface area contributed by atoms with Gasteiger partial charge in [-0.05, 0) is 66.4 Å². The third-order valence-electron chi connectivity index (χ3n) is 6.09. The Balaban J connectivity index is 1.69. The summed E-state index contributed by atoms with van der Waals surface area (Å²) >= 11 is 1.97. The van der Waals surface area contributed by atoms with Crippen molar-refractivity contribution in [1.29, 1.82) is 0 Å². The van der Waals surface area contributed by atoms with Gasteiger partial charge in [-0.3, -0.25) is 9.59 Å². The summed E-state index contributed by atoms with van der Waals surface area (Å²) in [6.45, 7) is 0.956. The van der Waals surface area contributed by atoms with Gasteiger partial charge in [0.25, 0.3) is 11.8 Å². The van der Waals surface area contributed by atoms with Gasteiger partial charge in [0.2, 0.25) is 0 Å². The molecule has 0 aliphatic carbocycles. The lowest BCUT2D eigenvalue weighted by Gasteiger charge is -2.24. The number of nitrogens with zero attached hydrogens (tertiary/aromatic N) is 1. The summed E-state index contributed by atoms with van der Waals surface area (Å²) in [5, 5.41) is 5.38. The zero-order chi connectivity index (χ0) is 26.4. The second kappa shape index (κ2) is 9.77. The first-order chi connectivity index (χ1) is 16.9. The summed E-state index contributed by atoms with van der Waals surface area (Å²) in [4.78, 5) is 27.6. The van der Waals surface area contributed by atoms with Gasteiger partial charge in [-0.1, -0.05) is 0 Å².